The van der Waals surface area contributed by atoms with Crippen molar-refractivity contribution in [1.82, 2.24) is 24.8 Å². The fourth-order valence-electron chi connectivity index (χ4n) is 4.01. The number of pyridine rings is 1. The van der Waals surface area contributed by atoms with Crippen molar-refractivity contribution >= 4 is 28.6 Å². The largest absolute Gasteiger partial charge is 0.494 e. The third-order valence-electron chi connectivity index (χ3n) is 5.64. The number of carbonyl (C=O) groups excluding carboxylic acids is 1. The van der Waals surface area contributed by atoms with Crippen molar-refractivity contribution in [2.45, 2.75) is 6.92 Å². The summed E-state index contributed by atoms with van der Waals surface area (Å²) in [6, 6.07) is 13.3. The molecular weight excluding hydrogens is 418 g/mol. The van der Waals surface area contributed by atoms with E-state index in [1.54, 1.807) is 12.5 Å². The molecule has 1 fully saturated rings. The number of anilines is 2. The van der Waals surface area contributed by atoms with Crippen LogP contribution in [0.3, 0.4) is 0 Å². The maximum Gasteiger partial charge on any atom is 0.321 e. The molecule has 3 aromatic heterocycles. The Balaban J connectivity index is 1.27. The lowest BCUT2D eigenvalue weighted by Gasteiger charge is -2.35. The minimum Gasteiger partial charge on any atom is -0.494 e. The Labute approximate surface area is 191 Å². The zero-order valence-corrected chi connectivity index (χ0v) is 18.4. The summed E-state index contributed by atoms with van der Waals surface area (Å²) in [6.45, 7) is 5.09. The van der Waals surface area contributed by atoms with Crippen LogP contribution in [0, 0.1) is 0 Å². The Morgan fingerprint density at radius 2 is 2.00 bits per heavy atom. The maximum atomic E-state index is 12.8. The number of hydrogen-bond acceptors (Lipinski definition) is 6. The first-order chi connectivity index (χ1) is 16.2. The molecule has 0 spiro atoms. The van der Waals surface area contributed by atoms with Crippen molar-refractivity contribution in [3.63, 3.8) is 0 Å². The Bertz CT molecular complexity index is 1250. The van der Waals surface area contributed by atoms with Gasteiger partial charge in [-0.1, -0.05) is 6.07 Å². The highest BCUT2D eigenvalue weighted by molar-refractivity contribution is 5.92. The molecule has 9 nitrogen and oxygen atoms in total. The molecule has 168 valence electrons. The molecule has 0 atom stereocenters. The van der Waals surface area contributed by atoms with Crippen LogP contribution in [-0.2, 0) is 0 Å². The summed E-state index contributed by atoms with van der Waals surface area (Å²) in [5, 5.41) is 3.93. The highest BCUT2D eigenvalue weighted by atomic mass is 16.5. The van der Waals surface area contributed by atoms with Crippen molar-refractivity contribution in [2.24, 2.45) is 0 Å². The summed E-state index contributed by atoms with van der Waals surface area (Å²) < 4.78 is 5.51. The number of nitrogens with one attached hydrogen (secondary N) is 2. The first-order valence-electron chi connectivity index (χ1n) is 11.0. The van der Waals surface area contributed by atoms with Gasteiger partial charge in [0.2, 0.25) is 0 Å². The standard InChI is InChI=1S/C24H25N7O2/c1-2-33-19-7-3-6-18(13-19)28-24(32)31-11-9-30(10-12-31)23-20-14-21(17-5-4-8-25-15-17)29-22(20)26-16-27-23/h3-8,13-16H,2,9-12H2,1H3,(H,28,32)(H,26,27,29). The van der Waals surface area contributed by atoms with Gasteiger partial charge in [0, 0.05) is 61.6 Å². The molecule has 1 aliphatic rings. The fraction of sp³-hybridized carbons (Fsp3) is 0.250. The lowest BCUT2D eigenvalue weighted by atomic mass is 10.2. The molecule has 33 heavy (non-hydrogen) atoms. The van der Waals surface area contributed by atoms with Gasteiger partial charge in [0.15, 0.2) is 0 Å². The van der Waals surface area contributed by atoms with Crippen molar-refractivity contribution in [3.8, 4) is 17.0 Å². The van der Waals surface area contributed by atoms with Crippen LogP contribution in [0.2, 0.25) is 0 Å². The predicted octanol–water partition coefficient (Wildman–Crippen LogP) is 3.77. The van der Waals surface area contributed by atoms with Gasteiger partial charge in [0.1, 0.15) is 23.5 Å². The summed E-state index contributed by atoms with van der Waals surface area (Å²) in [5.41, 5.74) is 3.46. The molecule has 1 aliphatic heterocycles. The molecular formula is C24H25N7O2. The molecule has 9 heteroatoms. The number of urea groups is 1. The van der Waals surface area contributed by atoms with E-state index in [-0.39, 0.29) is 6.03 Å². The summed E-state index contributed by atoms with van der Waals surface area (Å²) in [4.78, 5) is 33.3. The van der Waals surface area contributed by atoms with E-state index in [0.717, 1.165) is 39.5 Å². The number of fused-ring (bicyclic) bond motifs is 1. The highest BCUT2D eigenvalue weighted by Crippen LogP contribution is 2.29. The predicted molar refractivity (Wildman–Crippen MR) is 128 cm³/mol. The van der Waals surface area contributed by atoms with Gasteiger partial charge in [-0.05, 0) is 37.3 Å². The molecule has 1 saturated heterocycles. The second-order valence-corrected chi connectivity index (χ2v) is 7.75. The molecule has 5 rings (SSSR count). The molecule has 2 N–H and O–H groups in total. The SMILES string of the molecule is CCOc1cccc(NC(=O)N2CCN(c3ncnc4[nH]c(-c5cccnc5)cc34)CC2)c1. The zero-order chi connectivity index (χ0) is 22.6. The molecule has 0 radical (unpaired) electrons. The van der Waals surface area contributed by atoms with E-state index in [1.165, 1.54) is 0 Å². The number of carbonyl (C=O) groups is 1. The van der Waals surface area contributed by atoms with Gasteiger partial charge in [-0.15, -0.1) is 0 Å². The van der Waals surface area contributed by atoms with Crippen LogP contribution >= 0.6 is 0 Å². The summed E-state index contributed by atoms with van der Waals surface area (Å²) >= 11 is 0. The van der Waals surface area contributed by atoms with Crippen LogP contribution in [0.1, 0.15) is 6.92 Å². The van der Waals surface area contributed by atoms with Crippen molar-refractivity contribution in [2.75, 3.05) is 43.0 Å². The van der Waals surface area contributed by atoms with Crippen molar-refractivity contribution < 1.29 is 9.53 Å². The van der Waals surface area contributed by atoms with Crippen LogP contribution in [0.25, 0.3) is 22.3 Å². The minimum absolute atomic E-state index is 0.114. The number of nitrogens with zero attached hydrogens (tertiary/aromatic N) is 5. The van der Waals surface area contributed by atoms with Crippen LogP contribution in [-0.4, -0.2) is 63.7 Å². The van der Waals surface area contributed by atoms with Crippen molar-refractivity contribution in [3.05, 3.63) is 61.2 Å². The molecule has 2 amide bonds. The van der Waals surface area contributed by atoms with Crippen LogP contribution in [0.15, 0.2) is 61.2 Å². The van der Waals surface area contributed by atoms with E-state index < -0.39 is 0 Å². The third kappa shape index (κ3) is 4.43. The normalized spacial score (nSPS) is 13.8. The van der Waals surface area contributed by atoms with Gasteiger partial charge in [0.25, 0.3) is 0 Å². The molecule has 0 unspecified atom stereocenters. The number of piperazine rings is 1. The second kappa shape index (κ2) is 9.15. The number of amides is 2. The molecule has 0 saturated carbocycles. The van der Waals surface area contributed by atoms with Crippen LogP contribution in [0.5, 0.6) is 5.75 Å². The Kier molecular flexibility index (Phi) is 5.75. The smallest absolute Gasteiger partial charge is 0.321 e. The number of aromatic nitrogens is 4. The molecule has 1 aromatic carbocycles. The van der Waals surface area contributed by atoms with E-state index in [0.29, 0.717) is 32.8 Å². The first-order valence-corrected chi connectivity index (χ1v) is 11.0. The average molecular weight is 444 g/mol. The fourth-order valence-corrected chi connectivity index (χ4v) is 4.01. The minimum atomic E-state index is -0.114. The number of benzene rings is 1. The topological polar surface area (TPSA) is 99.3 Å². The van der Waals surface area contributed by atoms with E-state index >= 15 is 0 Å². The Hall–Kier alpha value is -4.14. The van der Waals surface area contributed by atoms with Gasteiger partial charge < -0.3 is 24.8 Å². The lowest BCUT2D eigenvalue weighted by molar-refractivity contribution is 0.208. The summed E-state index contributed by atoms with van der Waals surface area (Å²) in [7, 11) is 0. The molecule has 0 aliphatic carbocycles. The third-order valence-corrected chi connectivity index (χ3v) is 5.64. The zero-order valence-electron chi connectivity index (χ0n) is 18.4. The van der Waals surface area contributed by atoms with Gasteiger partial charge in [-0.2, -0.15) is 0 Å². The number of H-pyrrole nitrogens is 1. The number of aromatic amines is 1. The van der Waals surface area contributed by atoms with E-state index in [9.17, 15) is 4.79 Å². The van der Waals surface area contributed by atoms with Gasteiger partial charge in [0.05, 0.1) is 12.0 Å². The monoisotopic (exact) mass is 443 g/mol. The van der Waals surface area contributed by atoms with Crippen LogP contribution < -0.4 is 15.0 Å². The Morgan fingerprint density at radius 3 is 2.79 bits per heavy atom. The number of ether oxygens (including phenoxy) is 1. The molecule has 4 aromatic rings. The number of rotatable bonds is 5. The van der Waals surface area contributed by atoms with Crippen molar-refractivity contribution in [1.29, 1.82) is 0 Å². The lowest BCUT2D eigenvalue weighted by Crippen LogP contribution is -2.50. The molecule has 4 heterocycles. The van der Waals surface area contributed by atoms with E-state index in [1.807, 2.05) is 54.4 Å². The molecule has 0 bridgehead atoms. The summed E-state index contributed by atoms with van der Waals surface area (Å²) in [5.74, 6) is 1.61. The highest BCUT2D eigenvalue weighted by Gasteiger charge is 2.24. The van der Waals surface area contributed by atoms with E-state index in [2.05, 4.69) is 36.2 Å². The van der Waals surface area contributed by atoms with Crippen LogP contribution in [0.4, 0.5) is 16.3 Å². The first kappa shape index (κ1) is 20.7. The van der Waals surface area contributed by atoms with Gasteiger partial charge >= 0.3 is 6.03 Å². The quantitative estimate of drug-likeness (QED) is 0.487. The second-order valence-electron chi connectivity index (χ2n) is 7.75. The van der Waals surface area contributed by atoms with Gasteiger partial charge in [-0.3, -0.25) is 4.98 Å². The number of hydrogen-bond donors (Lipinski definition) is 2. The Morgan fingerprint density at radius 1 is 1.12 bits per heavy atom. The maximum absolute atomic E-state index is 12.8. The van der Waals surface area contributed by atoms with E-state index in [4.69, 9.17) is 4.74 Å². The summed E-state index contributed by atoms with van der Waals surface area (Å²) in [6.07, 6.45) is 5.15. The average Bonchev–Trinajstić information content (AvgIpc) is 3.30. The van der Waals surface area contributed by atoms with Gasteiger partial charge in [-0.25, -0.2) is 14.8 Å².